The Hall–Kier alpha value is -4.65. The molecule has 2 N–H and O–H groups in total. The number of fused-ring (bicyclic) bond motifs is 1. The molecular formula is C33H34N4O3. The fourth-order valence-corrected chi connectivity index (χ4v) is 5.11. The van der Waals surface area contributed by atoms with Crippen molar-refractivity contribution in [3.63, 3.8) is 0 Å². The van der Waals surface area contributed by atoms with E-state index in [2.05, 4.69) is 42.7 Å². The maximum absolute atomic E-state index is 13.1. The van der Waals surface area contributed by atoms with Crippen LogP contribution >= 0.6 is 0 Å². The molecule has 204 valence electrons. The predicted molar refractivity (Wildman–Crippen MR) is 158 cm³/mol. The third-order valence-electron chi connectivity index (χ3n) is 7.66. The molecule has 0 aliphatic heterocycles. The van der Waals surface area contributed by atoms with E-state index in [9.17, 15) is 14.7 Å². The highest BCUT2D eigenvalue weighted by Crippen LogP contribution is 2.29. The smallest absolute Gasteiger partial charge is 0.336 e. The lowest BCUT2D eigenvalue weighted by Crippen LogP contribution is -2.26. The van der Waals surface area contributed by atoms with Gasteiger partial charge in [0.05, 0.1) is 17.8 Å². The summed E-state index contributed by atoms with van der Waals surface area (Å²) in [6.45, 7) is 11.0. The Morgan fingerprint density at radius 2 is 1.70 bits per heavy atom. The van der Waals surface area contributed by atoms with E-state index in [0.717, 1.165) is 38.9 Å². The number of carboxylic acid groups (broad SMARTS) is 1. The number of carboxylic acids is 1. The molecule has 0 spiro atoms. The van der Waals surface area contributed by atoms with Crippen LogP contribution in [0.25, 0.3) is 22.0 Å². The highest BCUT2D eigenvalue weighted by Gasteiger charge is 2.17. The van der Waals surface area contributed by atoms with Crippen LogP contribution in [-0.2, 0) is 6.54 Å². The van der Waals surface area contributed by atoms with Crippen molar-refractivity contribution >= 4 is 22.8 Å². The average Bonchev–Trinajstić information content (AvgIpc) is 3.54. The number of aromatic nitrogens is 3. The van der Waals surface area contributed by atoms with Gasteiger partial charge >= 0.3 is 5.97 Å². The fraction of sp³-hybridized carbons (Fsp3) is 0.242. The molecule has 40 heavy (non-hydrogen) atoms. The molecule has 0 aliphatic rings. The third kappa shape index (κ3) is 5.15. The molecule has 1 amide bonds. The highest BCUT2D eigenvalue weighted by atomic mass is 16.4. The molecule has 0 saturated carbocycles. The summed E-state index contributed by atoms with van der Waals surface area (Å²) in [5.74, 6) is -1.05. The minimum absolute atomic E-state index is 0.117. The van der Waals surface area contributed by atoms with E-state index in [1.807, 2.05) is 72.4 Å². The van der Waals surface area contributed by atoms with Crippen LogP contribution in [0, 0.1) is 13.8 Å². The summed E-state index contributed by atoms with van der Waals surface area (Å²) in [7, 11) is 0. The molecular weight excluding hydrogens is 500 g/mol. The lowest BCUT2D eigenvalue weighted by atomic mass is 9.99. The first-order chi connectivity index (χ1) is 19.1. The highest BCUT2D eigenvalue weighted by molar-refractivity contribution is 5.99. The van der Waals surface area contributed by atoms with Crippen molar-refractivity contribution in [2.45, 2.75) is 53.2 Å². The van der Waals surface area contributed by atoms with Gasteiger partial charge in [-0.2, -0.15) is 5.10 Å². The number of nitrogens with one attached hydrogen (secondary N) is 1. The first kappa shape index (κ1) is 26.9. The van der Waals surface area contributed by atoms with E-state index in [-0.39, 0.29) is 23.6 Å². The summed E-state index contributed by atoms with van der Waals surface area (Å²) in [5.41, 5.74) is 7.91. The lowest BCUT2D eigenvalue weighted by molar-refractivity contribution is 0.0697. The van der Waals surface area contributed by atoms with Gasteiger partial charge in [-0.25, -0.2) is 4.79 Å². The molecule has 2 aromatic heterocycles. The number of benzene rings is 3. The predicted octanol–water partition coefficient (Wildman–Crippen LogP) is 6.94. The van der Waals surface area contributed by atoms with Crippen LogP contribution < -0.4 is 5.32 Å². The number of rotatable bonds is 8. The van der Waals surface area contributed by atoms with Crippen LogP contribution in [0.15, 0.2) is 79.1 Å². The second-order valence-electron chi connectivity index (χ2n) is 10.6. The van der Waals surface area contributed by atoms with E-state index in [0.29, 0.717) is 17.7 Å². The Balaban J connectivity index is 1.37. The molecule has 7 nitrogen and oxygen atoms in total. The Bertz CT molecular complexity index is 1710. The number of aryl methyl sites for hydroxylation is 1. The van der Waals surface area contributed by atoms with Gasteiger partial charge in [0.15, 0.2) is 0 Å². The molecule has 0 aliphatic carbocycles. The molecule has 0 fully saturated rings. The van der Waals surface area contributed by atoms with Gasteiger partial charge in [-0.15, -0.1) is 0 Å². The summed E-state index contributed by atoms with van der Waals surface area (Å²) in [5, 5.41) is 18.1. The first-order valence-corrected chi connectivity index (χ1v) is 13.5. The van der Waals surface area contributed by atoms with Crippen LogP contribution in [0.1, 0.15) is 76.0 Å². The molecule has 0 saturated heterocycles. The zero-order valence-electron chi connectivity index (χ0n) is 23.5. The van der Waals surface area contributed by atoms with Gasteiger partial charge in [-0.1, -0.05) is 42.5 Å². The number of carbonyl (C=O) groups is 2. The zero-order chi connectivity index (χ0) is 28.6. The molecule has 2 heterocycles. The van der Waals surface area contributed by atoms with Crippen molar-refractivity contribution < 1.29 is 14.7 Å². The van der Waals surface area contributed by atoms with Crippen LogP contribution in [0.3, 0.4) is 0 Å². The van der Waals surface area contributed by atoms with E-state index < -0.39 is 5.97 Å². The molecule has 7 heteroatoms. The minimum Gasteiger partial charge on any atom is -0.478 e. The van der Waals surface area contributed by atoms with Gasteiger partial charge in [0.25, 0.3) is 5.91 Å². The Morgan fingerprint density at radius 3 is 2.38 bits per heavy atom. The molecule has 0 bridgehead atoms. The number of hydrogen-bond acceptors (Lipinski definition) is 3. The average molecular weight is 535 g/mol. The maximum atomic E-state index is 13.1. The zero-order valence-corrected chi connectivity index (χ0v) is 23.5. The monoisotopic (exact) mass is 534 g/mol. The SMILES string of the molecule is Cc1c(C)n(Cc2ccc(-c3ccccc3C(=O)O)cc2)c2ccc(C(=O)N[C@@H](C)c3cnn(C(C)C)c3)cc12. The van der Waals surface area contributed by atoms with Gasteiger partial charge in [-0.3, -0.25) is 9.48 Å². The van der Waals surface area contributed by atoms with Crippen molar-refractivity contribution in [2.75, 3.05) is 0 Å². The van der Waals surface area contributed by atoms with Gasteiger partial charge in [0, 0.05) is 46.5 Å². The van der Waals surface area contributed by atoms with E-state index in [1.54, 1.807) is 18.3 Å². The van der Waals surface area contributed by atoms with E-state index in [1.165, 1.54) is 0 Å². The maximum Gasteiger partial charge on any atom is 0.336 e. The molecule has 5 rings (SSSR count). The summed E-state index contributed by atoms with van der Waals surface area (Å²) < 4.78 is 4.15. The third-order valence-corrected chi connectivity index (χ3v) is 7.66. The van der Waals surface area contributed by atoms with Gasteiger partial charge in [0.1, 0.15) is 0 Å². The summed E-state index contributed by atoms with van der Waals surface area (Å²) in [4.78, 5) is 24.8. The molecule has 0 radical (unpaired) electrons. The number of aromatic carboxylic acids is 1. The lowest BCUT2D eigenvalue weighted by Gasteiger charge is -2.13. The van der Waals surface area contributed by atoms with Crippen LogP contribution in [-0.4, -0.2) is 31.3 Å². The van der Waals surface area contributed by atoms with Gasteiger partial charge in [0.2, 0.25) is 0 Å². The summed E-state index contributed by atoms with van der Waals surface area (Å²) in [6, 6.07) is 21.0. The number of amides is 1. The van der Waals surface area contributed by atoms with Gasteiger partial charge in [-0.05, 0) is 81.1 Å². The Labute approximate surface area is 234 Å². The standard InChI is InChI=1S/C33H34N4O3/c1-20(2)37-19-27(17-34-37)22(4)35-32(38)26-14-15-31-30(16-26)21(3)23(5)36(31)18-24-10-12-25(13-11-24)28-8-6-7-9-29(28)33(39)40/h6-17,19-20,22H,18H2,1-5H3,(H,35,38)(H,39,40)/t22-/m0/s1. The number of nitrogens with zero attached hydrogens (tertiary/aromatic N) is 3. The van der Waals surface area contributed by atoms with Crippen molar-refractivity contribution in [2.24, 2.45) is 0 Å². The van der Waals surface area contributed by atoms with Crippen LogP contribution in [0.2, 0.25) is 0 Å². The van der Waals surface area contributed by atoms with Crippen LogP contribution in [0.5, 0.6) is 0 Å². The number of hydrogen-bond donors (Lipinski definition) is 2. The molecule has 0 unspecified atom stereocenters. The summed E-state index contributed by atoms with van der Waals surface area (Å²) >= 11 is 0. The Morgan fingerprint density at radius 1 is 0.975 bits per heavy atom. The Kier molecular flexibility index (Phi) is 7.30. The molecule has 3 aromatic carbocycles. The fourth-order valence-electron chi connectivity index (χ4n) is 5.11. The van der Waals surface area contributed by atoms with E-state index >= 15 is 0 Å². The minimum atomic E-state index is -0.936. The normalized spacial score (nSPS) is 12.2. The van der Waals surface area contributed by atoms with Gasteiger partial charge < -0.3 is 15.0 Å². The quantitative estimate of drug-likeness (QED) is 0.226. The van der Waals surface area contributed by atoms with Crippen molar-refractivity contribution in [1.29, 1.82) is 0 Å². The van der Waals surface area contributed by atoms with E-state index in [4.69, 9.17) is 0 Å². The number of carbonyl (C=O) groups excluding carboxylic acids is 1. The van der Waals surface area contributed by atoms with Crippen molar-refractivity contribution in [3.8, 4) is 11.1 Å². The van der Waals surface area contributed by atoms with Crippen molar-refractivity contribution in [1.82, 2.24) is 19.7 Å². The summed E-state index contributed by atoms with van der Waals surface area (Å²) in [6.07, 6.45) is 3.78. The second kappa shape index (κ2) is 10.8. The first-order valence-electron chi connectivity index (χ1n) is 13.5. The van der Waals surface area contributed by atoms with Crippen LogP contribution in [0.4, 0.5) is 0 Å². The van der Waals surface area contributed by atoms with Crippen molar-refractivity contribution in [3.05, 3.63) is 113 Å². The second-order valence-corrected chi connectivity index (χ2v) is 10.6. The molecule has 1 atom stereocenters. The topological polar surface area (TPSA) is 89.2 Å². The molecule has 5 aromatic rings. The largest absolute Gasteiger partial charge is 0.478 e.